The number of amides is 2. The van der Waals surface area contributed by atoms with Gasteiger partial charge in [-0.2, -0.15) is 0 Å². The van der Waals surface area contributed by atoms with Gasteiger partial charge in [0.2, 0.25) is 5.91 Å². The minimum atomic E-state index is -4.62. The van der Waals surface area contributed by atoms with Crippen molar-refractivity contribution in [2.75, 3.05) is 13.1 Å². The topological polar surface area (TPSA) is 109 Å². The zero-order chi connectivity index (χ0) is 25.4. The van der Waals surface area contributed by atoms with E-state index in [0.29, 0.717) is 3.71 Å². The van der Waals surface area contributed by atoms with Gasteiger partial charge in [0.25, 0.3) is 26.0 Å². The number of carbonyl (C=O) groups excluding carboxylic acids is 2. The van der Waals surface area contributed by atoms with Crippen molar-refractivity contribution in [3.63, 3.8) is 0 Å². The third-order valence-corrected chi connectivity index (χ3v) is 10.3. The molecule has 0 saturated carbocycles. The number of hydrogen-bond acceptors (Lipinski definition) is 6. The molecule has 182 valence electrons. The number of hydrogen-bond donors (Lipinski definition) is 0. The van der Waals surface area contributed by atoms with Gasteiger partial charge in [-0.25, -0.2) is 16.8 Å². The molecule has 1 atom stereocenters. The van der Waals surface area contributed by atoms with E-state index in [2.05, 4.69) is 0 Å². The molecule has 8 nitrogen and oxygen atoms in total. The van der Waals surface area contributed by atoms with Gasteiger partial charge in [0.1, 0.15) is 0 Å². The van der Waals surface area contributed by atoms with Gasteiger partial charge in [0.05, 0.1) is 15.2 Å². The highest BCUT2D eigenvalue weighted by molar-refractivity contribution is 8.04. The van der Waals surface area contributed by atoms with Crippen LogP contribution in [-0.4, -0.2) is 50.3 Å². The van der Waals surface area contributed by atoms with Crippen molar-refractivity contribution in [3.05, 3.63) is 96.1 Å². The maximum Gasteiger partial charge on any atom is 0.260 e. The van der Waals surface area contributed by atoms with Crippen LogP contribution in [0.15, 0.2) is 94.7 Å². The highest BCUT2D eigenvalue weighted by Gasteiger charge is 2.51. The predicted octanol–water partition coefficient (Wildman–Crippen LogP) is 3.03. The predicted molar refractivity (Wildman–Crippen MR) is 129 cm³/mol. The SMILES string of the molecule is CCN1C(=O)c2ccccc2C(C)(CN(S(=O)(=O)c2ccccc2)S(=O)(=O)c2ccccc2)C1=O. The molecule has 1 aliphatic rings. The Bertz CT molecular complexity index is 1420. The number of likely N-dealkylation sites (N-methyl/N-ethyl adjacent to an activating group) is 1. The van der Waals surface area contributed by atoms with E-state index in [4.69, 9.17) is 0 Å². The first-order valence-electron chi connectivity index (χ1n) is 10.9. The second-order valence-electron chi connectivity index (χ2n) is 8.30. The van der Waals surface area contributed by atoms with Crippen LogP contribution in [0.1, 0.15) is 29.8 Å². The van der Waals surface area contributed by atoms with E-state index in [1.807, 2.05) is 0 Å². The molecule has 10 heteroatoms. The van der Waals surface area contributed by atoms with Crippen LogP contribution in [0.25, 0.3) is 0 Å². The fraction of sp³-hybridized carbons (Fsp3) is 0.200. The first kappa shape index (κ1) is 24.8. The quantitative estimate of drug-likeness (QED) is 0.450. The summed E-state index contributed by atoms with van der Waals surface area (Å²) in [5.74, 6) is -1.17. The van der Waals surface area contributed by atoms with Crippen LogP contribution in [0.3, 0.4) is 0 Å². The first-order valence-corrected chi connectivity index (χ1v) is 13.8. The molecule has 1 unspecified atom stereocenters. The highest BCUT2D eigenvalue weighted by Crippen LogP contribution is 2.38. The summed E-state index contributed by atoms with van der Waals surface area (Å²) >= 11 is 0. The first-order chi connectivity index (χ1) is 16.5. The summed E-state index contributed by atoms with van der Waals surface area (Å²) in [5, 5.41) is 0. The van der Waals surface area contributed by atoms with Crippen LogP contribution in [0, 0.1) is 0 Å². The molecule has 3 aromatic rings. The summed E-state index contributed by atoms with van der Waals surface area (Å²) in [6.45, 7) is 2.43. The average Bonchev–Trinajstić information content (AvgIpc) is 2.87. The molecule has 0 aliphatic carbocycles. The van der Waals surface area contributed by atoms with Gasteiger partial charge in [-0.3, -0.25) is 14.5 Å². The molecule has 0 fully saturated rings. The Hall–Kier alpha value is -3.34. The average molecular weight is 513 g/mol. The third-order valence-electron chi connectivity index (χ3n) is 6.09. The summed E-state index contributed by atoms with van der Waals surface area (Å²) in [4.78, 5) is 27.1. The summed E-state index contributed by atoms with van der Waals surface area (Å²) in [7, 11) is -9.24. The number of sulfonamides is 2. The molecule has 0 spiro atoms. The van der Waals surface area contributed by atoms with E-state index in [1.54, 1.807) is 43.3 Å². The third kappa shape index (κ3) is 4.07. The number of rotatable bonds is 7. The second-order valence-corrected chi connectivity index (χ2v) is 12.3. The van der Waals surface area contributed by atoms with Gasteiger partial charge < -0.3 is 0 Å². The lowest BCUT2D eigenvalue weighted by Crippen LogP contribution is -2.58. The van der Waals surface area contributed by atoms with Crippen molar-refractivity contribution in [3.8, 4) is 0 Å². The Labute approximate surface area is 204 Å². The van der Waals surface area contributed by atoms with Gasteiger partial charge in [-0.15, -0.1) is 0 Å². The fourth-order valence-electron chi connectivity index (χ4n) is 4.22. The Morgan fingerprint density at radius 1 is 0.743 bits per heavy atom. The van der Waals surface area contributed by atoms with Crippen LogP contribution in [0.5, 0.6) is 0 Å². The molecule has 3 aromatic carbocycles. The Morgan fingerprint density at radius 3 is 1.69 bits per heavy atom. The van der Waals surface area contributed by atoms with Gasteiger partial charge in [0, 0.05) is 18.7 Å². The number of carbonyl (C=O) groups is 2. The van der Waals surface area contributed by atoms with Crippen LogP contribution < -0.4 is 0 Å². The monoisotopic (exact) mass is 512 g/mol. The van der Waals surface area contributed by atoms with Crippen molar-refractivity contribution in [1.82, 2.24) is 8.61 Å². The fourth-order valence-corrected chi connectivity index (χ4v) is 8.10. The number of fused-ring (bicyclic) bond motifs is 1. The van der Waals surface area contributed by atoms with E-state index in [-0.39, 0.29) is 27.5 Å². The van der Waals surface area contributed by atoms with Crippen molar-refractivity contribution in [2.24, 2.45) is 0 Å². The molecular weight excluding hydrogens is 488 g/mol. The standard InChI is InChI=1S/C25H24N2O6S2/c1-3-26-23(28)21-16-10-11-17-22(21)25(2,24(26)29)18-27(34(30,31)19-12-6-4-7-13-19)35(32,33)20-14-8-5-9-15-20/h4-17H,3,18H2,1-2H3. The number of imide groups is 1. The molecule has 0 radical (unpaired) electrons. The van der Waals surface area contributed by atoms with Gasteiger partial charge in [-0.1, -0.05) is 58.3 Å². The largest absolute Gasteiger partial charge is 0.278 e. The summed E-state index contributed by atoms with van der Waals surface area (Å²) < 4.78 is 55.4. The van der Waals surface area contributed by atoms with E-state index >= 15 is 0 Å². The molecule has 0 aromatic heterocycles. The molecule has 4 rings (SSSR count). The van der Waals surface area contributed by atoms with Gasteiger partial charge in [-0.05, 0) is 49.7 Å². The Morgan fingerprint density at radius 2 is 1.20 bits per heavy atom. The lowest BCUT2D eigenvalue weighted by Gasteiger charge is -2.41. The van der Waals surface area contributed by atoms with Crippen LogP contribution in [-0.2, 0) is 30.3 Å². The van der Waals surface area contributed by atoms with E-state index < -0.39 is 43.8 Å². The van der Waals surface area contributed by atoms with E-state index in [1.165, 1.54) is 55.5 Å². The van der Waals surface area contributed by atoms with Gasteiger partial charge >= 0.3 is 0 Å². The van der Waals surface area contributed by atoms with E-state index in [9.17, 15) is 26.4 Å². The molecule has 0 bridgehead atoms. The summed E-state index contributed by atoms with van der Waals surface area (Å²) in [6.07, 6.45) is 0. The Kier molecular flexibility index (Phi) is 6.39. The minimum absolute atomic E-state index is 0.0540. The van der Waals surface area contributed by atoms with Crippen LogP contribution >= 0.6 is 0 Å². The van der Waals surface area contributed by atoms with Crippen LogP contribution in [0.2, 0.25) is 0 Å². The maximum atomic E-state index is 13.8. The molecule has 1 aliphatic heterocycles. The smallest absolute Gasteiger partial charge is 0.260 e. The van der Waals surface area contributed by atoms with Crippen molar-refractivity contribution < 1.29 is 26.4 Å². The molecule has 1 heterocycles. The zero-order valence-corrected chi connectivity index (χ0v) is 20.8. The lowest BCUT2D eigenvalue weighted by atomic mass is 9.75. The number of nitrogens with zero attached hydrogens (tertiary/aromatic N) is 2. The summed E-state index contributed by atoms with van der Waals surface area (Å²) in [5.41, 5.74) is -1.15. The second kappa shape index (κ2) is 9.03. The maximum absolute atomic E-state index is 13.8. The number of benzene rings is 3. The zero-order valence-electron chi connectivity index (χ0n) is 19.2. The van der Waals surface area contributed by atoms with Crippen molar-refractivity contribution >= 4 is 31.9 Å². The van der Waals surface area contributed by atoms with E-state index in [0.717, 1.165) is 4.90 Å². The molecule has 2 amide bonds. The highest BCUT2D eigenvalue weighted by atomic mass is 32.3. The normalized spacial score (nSPS) is 18.5. The summed E-state index contributed by atoms with van der Waals surface area (Å²) in [6, 6.07) is 20.7. The van der Waals surface area contributed by atoms with Crippen LogP contribution in [0.4, 0.5) is 0 Å². The molecule has 0 saturated heterocycles. The van der Waals surface area contributed by atoms with Crippen molar-refractivity contribution in [1.29, 1.82) is 0 Å². The van der Waals surface area contributed by atoms with Gasteiger partial charge in [0.15, 0.2) is 0 Å². The molecule has 35 heavy (non-hydrogen) atoms. The minimum Gasteiger partial charge on any atom is -0.278 e. The van der Waals surface area contributed by atoms with Crippen molar-refractivity contribution in [2.45, 2.75) is 29.1 Å². The Balaban J connectivity index is 1.95. The molecule has 0 N–H and O–H groups in total. The molecular formula is C25H24N2O6S2. The lowest BCUT2D eigenvalue weighted by molar-refractivity contribution is -0.134.